The van der Waals surface area contributed by atoms with Crippen LogP contribution < -0.4 is 15.0 Å². The van der Waals surface area contributed by atoms with Gasteiger partial charge in [0.2, 0.25) is 10.7 Å². The van der Waals surface area contributed by atoms with Crippen LogP contribution in [0.25, 0.3) is 26.4 Å². The molecular weight excluding hydrogens is 441 g/mol. The molecule has 0 aliphatic carbocycles. The van der Waals surface area contributed by atoms with Crippen LogP contribution in [0.5, 0.6) is 17.2 Å². The Hall–Kier alpha value is -3.63. The van der Waals surface area contributed by atoms with Crippen LogP contribution in [-0.2, 0) is 0 Å². The Morgan fingerprint density at radius 2 is 2.00 bits per heavy atom. The van der Waals surface area contributed by atoms with Crippen LogP contribution in [-0.4, -0.2) is 21.6 Å². The summed E-state index contributed by atoms with van der Waals surface area (Å²) in [6, 6.07) is 12.7. The maximum absolute atomic E-state index is 13.4. The molecule has 3 heterocycles. The SMILES string of the molecule is COc1ccnc2c(=O)n(-c3nc4ccc(Oc5cccc(F)c5)cc4s3)c(=S)oc12. The minimum absolute atomic E-state index is 0.0703. The van der Waals surface area contributed by atoms with Gasteiger partial charge in [-0.1, -0.05) is 17.4 Å². The minimum atomic E-state index is -0.458. The number of aromatic nitrogens is 3. The van der Waals surface area contributed by atoms with Crippen molar-refractivity contribution in [3.05, 3.63) is 75.7 Å². The number of pyridine rings is 1. The molecule has 0 amide bonds. The molecule has 7 nitrogen and oxygen atoms in total. The van der Waals surface area contributed by atoms with Crippen molar-refractivity contribution >= 4 is 44.9 Å². The van der Waals surface area contributed by atoms with E-state index >= 15 is 0 Å². The molecule has 5 rings (SSSR count). The molecule has 0 atom stereocenters. The van der Waals surface area contributed by atoms with Gasteiger partial charge in [0.15, 0.2) is 11.3 Å². The lowest BCUT2D eigenvalue weighted by molar-refractivity contribution is 0.404. The van der Waals surface area contributed by atoms with Crippen molar-refractivity contribution in [3.8, 4) is 22.4 Å². The van der Waals surface area contributed by atoms with Gasteiger partial charge in [0.25, 0.3) is 10.4 Å². The molecule has 0 N–H and O–H groups in total. The molecule has 2 aromatic carbocycles. The van der Waals surface area contributed by atoms with Gasteiger partial charge in [-0.25, -0.2) is 18.9 Å². The van der Waals surface area contributed by atoms with Gasteiger partial charge in [0.05, 0.1) is 17.3 Å². The summed E-state index contributed by atoms with van der Waals surface area (Å²) in [5.74, 6) is 0.862. The van der Waals surface area contributed by atoms with Crippen molar-refractivity contribution in [2.24, 2.45) is 0 Å². The van der Waals surface area contributed by atoms with Crippen molar-refractivity contribution in [1.82, 2.24) is 14.5 Å². The second kappa shape index (κ2) is 7.56. The molecular formula is C21H12FN3O4S2. The predicted molar refractivity (Wildman–Crippen MR) is 117 cm³/mol. The highest BCUT2D eigenvalue weighted by atomic mass is 32.1. The van der Waals surface area contributed by atoms with Gasteiger partial charge in [0, 0.05) is 24.4 Å². The van der Waals surface area contributed by atoms with E-state index in [1.165, 1.54) is 41.3 Å². The van der Waals surface area contributed by atoms with E-state index in [0.717, 1.165) is 4.70 Å². The molecule has 31 heavy (non-hydrogen) atoms. The van der Waals surface area contributed by atoms with Gasteiger partial charge < -0.3 is 13.9 Å². The van der Waals surface area contributed by atoms with Gasteiger partial charge in [0.1, 0.15) is 17.3 Å². The number of nitrogens with zero attached hydrogens (tertiary/aromatic N) is 3. The van der Waals surface area contributed by atoms with E-state index in [-0.39, 0.29) is 21.8 Å². The van der Waals surface area contributed by atoms with E-state index in [0.29, 0.717) is 27.9 Å². The number of fused-ring (bicyclic) bond motifs is 2. The minimum Gasteiger partial charge on any atom is -0.493 e. The first-order chi connectivity index (χ1) is 15.0. The monoisotopic (exact) mass is 453 g/mol. The largest absolute Gasteiger partial charge is 0.493 e. The molecule has 0 saturated carbocycles. The molecule has 3 aromatic heterocycles. The molecule has 154 valence electrons. The van der Waals surface area contributed by atoms with Crippen LogP contribution in [0.15, 0.2) is 63.9 Å². The van der Waals surface area contributed by atoms with Crippen LogP contribution in [0.2, 0.25) is 0 Å². The van der Waals surface area contributed by atoms with Crippen molar-refractivity contribution in [2.45, 2.75) is 0 Å². The fourth-order valence-corrected chi connectivity index (χ4v) is 4.35. The van der Waals surface area contributed by atoms with Crippen LogP contribution in [0.3, 0.4) is 0 Å². The summed E-state index contributed by atoms with van der Waals surface area (Å²) in [6.07, 6.45) is 1.46. The fourth-order valence-electron chi connectivity index (χ4n) is 3.05. The molecule has 0 unspecified atom stereocenters. The third-order valence-electron chi connectivity index (χ3n) is 4.44. The average Bonchev–Trinajstić information content (AvgIpc) is 3.16. The third-order valence-corrected chi connectivity index (χ3v) is 5.71. The summed E-state index contributed by atoms with van der Waals surface area (Å²) in [6.45, 7) is 0. The van der Waals surface area contributed by atoms with Gasteiger partial charge in [-0.15, -0.1) is 0 Å². The Morgan fingerprint density at radius 1 is 1.16 bits per heavy atom. The Labute approximate surface area is 183 Å². The average molecular weight is 453 g/mol. The quantitative estimate of drug-likeness (QED) is 0.344. The number of thiazole rings is 1. The van der Waals surface area contributed by atoms with Crippen molar-refractivity contribution in [3.63, 3.8) is 0 Å². The van der Waals surface area contributed by atoms with Crippen molar-refractivity contribution < 1.29 is 18.3 Å². The number of halogens is 1. The van der Waals surface area contributed by atoms with Crippen LogP contribution in [0.1, 0.15) is 0 Å². The smallest absolute Gasteiger partial charge is 0.290 e. The summed E-state index contributed by atoms with van der Waals surface area (Å²) < 4.78 is 31.9. The third kappa shape index (κ3) is 3.45. The van der Waals surface area contributed by atoms with Crippen molar-refractivity contribution in [2.75, 3.05) is 7.11 Å². The number of methoxy groups -OCH3 is 1. The van der Waals surface area contributed by atoms with E-state index in [9.17, 15) is 9.18 Å². The van der Waals surface area contributed by atoms with E-state index < -0.39 is 5.56 Å². The fraction of sp³-hybridized carbons (Fsp3) is 0.0476. The molecule has 0 fully saturated rings. The van der Waals surface area contributed by atoms with Crippen LogP contribution >= 0.6 is 23.6 Å². The van der Waals surface area contributed by atoms with E-state index in [1.807, 2.05) is 0 Å². The number of hydrogen-bond acceptors (Lipinski definition) is 8. The zero-order chi connectivity index (χ0) is 21.5. The maximum atomic E-state index is 13.4. The maximum Gasteiger partial charge on any atom is 0.290 e. The molecule has 0 aliphatic rings. The Balaban J connectivity index is 1.60. The summed E-state index contributed by atoms with van der Waals surface area (Å²) in [7, 11) is 1.47. The highest BCUT2D eigenvalue weighted by Crippen LogP contribution is 2.31. The number of rotatable bonds is 4. The second-order valence-electron chi connectivity index (χ2n) is 6.38. The first kappa shape index (κ1) is 19.3. The lowest BCUT2D eigenvalue weighted by Gasteiger charge is -2.05. The molecule has 0 aliphatic heterocycles. The van der Waals surface area contributed by atoms with Crippen LogP contribution in [0, 0.1) is 10.7 Å². The normalized spacial score (nSPS) is 11.2. The molecule has 0 spiro atoms. The summed E-state index contributed by atoms with van der Waals surface area (Å²) in [5, 5.41) is 0.336. The predicted octanol–water partition coefficient (Wildman–Crippen LogP) is 5.26. The second-order valence-corrected chi connectivity index (χ2v) is 7.74. The summed E-state index contributed by atoms with van der Waals surface area (Å²) in [5.41, 5.74) is 0.456. The molecule has 0 bridgehead atoms. The van der Waals surface area contributed by atoms with Gasteiger partial charge in [-0.05, 0) is 36.5 Å². The number of hydrogen-bond donors (Lipinski definition) is 0. The van der Waals surface area contributed by atoms with E-state index in [2.05, 4.69) is 9.97 Å². The van der Waals surface area contributed by atoms with Crippen LogP contribution in [0.4, 0.5) is 4.39 Å². The Morgan fingerprint density at radius 3 is 2.81 bits per heavy atom. The van der Waals surface area contributed by atoms with E-state index in [1.54, 1.807) is 36.4 Å². The zero-order valence-electron chi connectivity index (χ0n) is 15.9. The van der Waals surface area contributed by atoms with Crippen molar-refractivity contribution in [1.29, 1.82) is 0 Å². The Bertz CT molecular complexity index is 1580. The van der Waals surface area contributed by atoms with Gasteiger partial charge in [-0.3, -0.25) is 4.79 Å². The molecule has 5 aromatic rings. The highest BCUT2D eigenvalue weighted by Gasteiger charge is 2.17. The first-order valence-corrected chi connectivity index (χ1v) is 10.2. The van der Waals surface area contributed by atoms with E-state index in [4.69, 9.17) is 26.1 Å². The lowest BCUT2D eigenvalue weighted by Crippen LogP contribution is -2.20. The summed E-state index contributed by atoms with van der Waals surface area (Å²) >= 11 is 6.54. The molecule has 0 saturated heterocycles. The lowest BCUT2D eigenvalue weighted by atomic mass is 10.3. The number of benzene rings is 2. The highest BCUT2D eigenvalue weighted by molar-refractivity contribution is 7.71. The molecule has 0 radical (unpaired) electrons. The zero-order valence-corrected chi connectivity index (χ0v) is 17.5. The summed E-state index contributed by atoms with van der Waals surface area (Å²) in [4.78, 5) is 21.6. The van der Waals surface area contributed by atoms with Gasteiger partial charge in [-0.2, -0.15) is 0 Å². The number of ether oxygens (including phenoxy) is 2. The molecule has 10 heteroatoms. The Kier molecular flexibility index (Phi) is 4.72. The topological polar surface area (TPSA) is 79.4 Å². The first-order valence-electron chi connectivity index (χ1n) is 8.97. The van der Waals surface area contributed by atoms with Gasteiger partial charge >= 0.3 is 0 Å². The standard InChI is InChI=1S/C21H12FN3O4S2/c1-27-15-7-8-23-17-18(15)29-21(30)25(19(17)26)20-24-14-6-5-13(10-16(14)31-20)28-12-4-2-3-11(22)9-12/h2-10H,1H3.